The minimum atomic E-state index is 0.0230. The summed E-state index contributed by atoms with van der Waals surface area (Å²) in [5.74, 6) is 2.08. The Bertz CT molecular complexity index is 394. The van der Waals surface area contributed by atoms with Crippen LogP contribution in [0.3, 0.4) is 0 Å². The van der Waals surface area contributed by atoms with Gasteiger partial charge in [-0.1, -0.05) is 46.8 Å². The Labute approximate surface area is 110 Å². The molecular formula is C16H24O2. The molecule has 0 fully saturated rings. The topological polar surface area (TPSA) is 26.3 Å². The molecule has 0 heterocycles. The van der Waals surface area contributed by atoms with Crippen molar-refractivity contribution in [3.8, 4) is 5.75 Å². The minimum absolute atomic E-state index is 0.0230. The molecule has 0 N–H and O–H groups in total. The molecule has 0 aliphatic heterocycles. The van der Waals surface area contributed by atoms with Crippen LogP contribution in [0.4, 0.5) is 0 Å². The molecular weight excluding hydrogens is 224 g/mol. The highest BCUT2D eigenvalue weighted by atomic mass is 16.5. The fourth-order valence-electron chi connectivity index (χ4n) is 1.49. The van der Waals surface area contributed by atoms with E-state index < -0.39 is 0 Å². The third-order valence-electron chi connectivity index (χ3n) is 3.29. The van der Waals surface area contributed by atoms with Crippen LogP contribution in [-0.2, 0) is 0 Å². The van der Waals surface area contributed by atoms with Crippen molar-refractivity contribution >= 4 is 5.78 Å². The number of benzene rings is 1. The first kappa shape index (κ1) is 14.7. The summed E-state index contributed by atoms with van der Waals surface area (Å²) in [7, 11) is 0. The summed E-state index contributed by atoms with van der Waals surface area (Å²) in [5.41, 5.74) is 0.736. The monoisotopic (exact) mass is 248 g/mol. The molecule has 100 valence electrons. The Morgan fingerprint density at radius 2 is 1.83 bits per heavy atom. The molecule has 1 atom stereocenters. The lowest BCUT2D eigenvalue weighted by Crippen LogP contribution is -2.14. The molecule has 0 bridgehead atoms. The van der Waals surface area contributed by atoms with Gasteiger partial charge in [0.25, 0.3) is 0 Å². The average Bonchev–Trinajstić information content (AvgIpc) is 2.35. The summed E-state index contributed by atoms with van der Waals surface area (Å²) in [6.07, 6.45) is 0. The summed E-state index contributed by atoms with van der Waals surface area (Å²) < 4.78 is 5.75. The standard InChI is InChI=1S/C16H24O2/c1-11(2)13(5)10-18-15-8-6-7-14(9-15)16(17)12(3)4/h6-9,11-13H,10H2,1-5H3. The van der Waals surface area contributed by atoms with Crippen molar-refractivity contribution in [1.82, 2.24) is 0 Å². The molecule has 1 aromatic rings. The molecule has 1 rings (SSSR count). The fourth-order valence-corrected chi connectivity index (χ4v) is 1.49. The molecule has 0 radical (unpaired) electrons. The zero-order valence-corrected chi connectivity index (χ0v) is 12.1. The highest BCUT2D eigenvalue weighted by molar-refractivity contribution is 5.97. The normalized spacial score (nSPS) is 12.8. The third kappa shape index (κ3) is 4.17. The van der Waals surface area contributed by atoms with Crippen molar-refractivity contribution in [2.45, 2.75) is 34.6 Å². The highest BCUT2D eigenvalue weighted by Crippen LogP contribution is 2.18. The first-order valence-corrected chi connectivity index (χ1v) is 6.69. The minimum Gasteiger partial charge on any atom is -0.493 e. The van der Waals surface area contributed by atoms with Crippen LogP contribution in [0.1, 0.15) is 45.0 Å². The number of ether oxygens (including phenoxy) is 1. The van der Waals surface area contributed by atoms with Gasteiger partial charge in [0.2, 0.25) is 0 Å². The van der Waals surface area contributed by atoms with Gasteiger partial charge in [-0.05, 0) is 24.0 Å². The zero-order chi connectivity index (χ0) is 13.7. The van der Waals surface area contributed by atoms with E-state index >= 15 is 0 Å². The van der Waals surface area contributed by atoms with Crippen molar-refractivity contribution in [2.24, 2.45) is 17.8 Å². The lowest BCUT2D eigenvalue weighted by Gasteiger charge is -2.16. The SMILES string of the molecule is CC(C)C(=O)c1cccc(OCC(C)C(C)C)c1. The van der Waals surface area contributed by atoms with Crippen molar-refractivity contribution < 1.29 is 9.53 Å². The Morgan fingerprint density at radius 3 is 2.39 bits per heavy atom. The second-order valence-electron chi connectivity index (χ2n) is 5.58. The van der Waals surface area contributed by atoms with Gasteiger partial charge >= 0.3 is 0 Å². The molecule has 0 saturated heterocycles. The molecule has 0 amide bonds. The zero-order valence-electron chi connectivity index (χ0n) is 12.1. The first-order valence-electron chi connectivity index (χ1n) is 6.69. The number of ketones is 1. The molecule has 1 unspecified atom stereocenters. The first-order chi connectivity index (χ1) is 8.41. The smallest absolute Gasteiger partial charge is 0.165 e. The third-order valence-corrected chi connectivity index (χ3v) is 3.29. The van der Waals surface area contributed by atoms with Gasteiger partial charge in [-0.25, -0.2) is 0 Å². The average molecular weight is 248 g/mol. The van der Waals surface area contributed by atoms with Crippen LogP contribution >= 0.6 is 0 Å². The maximum absolute atomic E-state index is 11.9. The highest BCUT2D eigenvalue weighted by Gasteiger charge is 2.12. The molecule has 0 saturated carbocycles. The quantitative estimate of drug-likeness (QED) is 0.705. The lowest BCUT2D eigenvalue weighted by atomic mass is 9.99. The van der Waals surface area contributed by atoms with E-state index in [1.807, 2.05) is 38.1 Å². The van der Waals surface area contributed by atoms with Gasteiger partial charge in [0.05, 0.1) is 6.61 Å². The summed E-state index contributed by atoms with van der Waals surface area (Å²) in [6.45, 7) is 11.1. The van der Waals surface area contributed by atoms with E-state index in [1.165, 1.54) is 0 Å². The van der Waals surface area contributed by atoms with E-state index in [0.29, 0.717) is 18.4 Å². The maximum Gasteiger partial charge on any atom is 0.165 e. The van der Waals surface area contributed by atoms with Crippen LogP contribution in [0.15, 0.2) is 24.3 Å². The molecule has 0 spiro atoms. The van der Waals surface area contributed by atoms with Crippen LogP contribution in [0.25, 0.3) is 0 Å². The van der Waals surface area contributed by atoms with Gasteiger partial charge in [0.15, 0.2) is 5.78 Å². The number of hydrogen-bond acceptors (Lipinski definition) is 2. The van der Waals surface area contributed by atoms with E-state index in [2.05, 4.69) is 20.8 Å². The summed E-state index contributed by atoms with van der Waals surface area (Å²) in [6, 6.07) is 7.48. The molecule has 0 aliphatic carbocycles. The Balaban J connectivity index is 2.68. The number of rotatable bonds is 6. The number of Topliss-reactive ketones (excluding diaryl/α,β-unsaturated/α-hetero) is 1. The van der Waals surface area contributed by atoms with Crippen molar-refractivity contribution in [2.75, 3.05) is 6.61 Å². The number of carbonyl (C=O) groups is 1. The van der Waals surface area contributed by atoms with Gasteiger partial charge in [-0.3, -0.25) is 4.79 Å². The molecule has 2 heteroatoms. The van der Waals surface area contributed by atoms with E-state index in [-0.39, 0.29) is 11.7 Å². The van der Waals surface area contributed by atoms with Gasteiger partial charge in [-0.15, -0.1) is 0 Å². The Kier molecular flexibility index (Phi) is 5.39. The van der Waals surface area contributed by atoms with Crippen LogP contribution in [0.2, 0.25) is 0 Å². The number of carbonyl (C=O) groups excluding carboxylic acids is 1. The van der Waals surface area contributed by atoms with Crippen LogP contribution in [0, 0.1) is 17.8 Å². The molecule has 0 aliphatic rings. The van der Waals surface area contributed by atoms with Gasteiger partial charge in [0, 0.05) is 11.5 Å². The van der Waals surface area contributed by atoms with Crippen molar-refractivity contribution in [3.63, 3.8) is 0 Å². The fraction of sp³-hybridized carbons (Fsp3) is 0.562. The van der Waals surface area contributed by atoms with Gasteiger partial charge in [0.1, 0.15) is 5.75 Å². The van der Waals surface area contributed by atoms with Crippen molar-refractivity contribution in [1.29, 1.82) is 0 Å². The Morgan fingerprint density at radius 1 is 1.17 bits per heavy atom. The molecule has 1 aromatic carbocycles. The predicted octanol–water partition coefficient (Wildman–Crippen LogP) is 4.20. The van der Waals surface area contributed by atoms with Gasteiger partial charge in [-0.2, -0.15) is 0 Å². The van der Waals surface area contributed by atoms with Crippen LogP contribution < -0.4 is 4.74 Å². The van der Waals surface area contributed by atoms with Gasteiger partial charge < -0.3 is 4.74 Å². The maximum atomic E-state index is 11.9. The van der Waals surface area contributed by atoms with E-state index in [1.54, 1.807) is 0 Å². The Hall–Kier alpha value is -1.31. The van der Waals surface area contributed by atoms with E-state index in [0.717, 1.165) is 11.3 Å². The second kappa shape index (κ2) is 6.58. The van der Waals surface area contributed by atoms with E-state index in [4.69, 9.17) is 4.74 Å². The largest absolute Gasteiger partial charge is 0.493 e. The van der Waals surface area contributed by atoms with Crippen molar-refractivity contribution in [3.05, 3.63) is 29.8 Å². The summed E-state index contributed by atoms with van der Waals surface area (Å²) >= 11 is 0. The molecule has 0 aromatic heterocycles. The second-order valence-corrected chi connectivity index (χ2v) is 5.58. The predicted molar refractivity (Wildman–Crippen MR) is 75.1 cm³/mol. The summed E-state index contributed by atoms with van der Waals surface area (Å²) in [5, 5.41) is 0. The summed E-state index contributed by atoms with van der Waals surface area (Å²) in [4.78, 5) is 11.9. The van der Waals surface area contributed by atoms with Crippen LogP contribution in [0.5, 0.6) is 5.75 Å². The van der Waals surface area contributed by atoms with Crippen LogP contribution in [-0.4, -0.2) is 12.4 Å². The molecule has 2 nitrogen and oxygen atoms in total. The number of hydrogen-bond donors (Lipinski definition) is 0. The van der Waals surface area contributed by atoms with E-state index in [9.17, 15) is 4.79 Å². The lowest BCUT2D eigenvalue weighted by molar-refractivity contribution is 0.0939. The molecule has 18 heavy (non-hydrogen) atoms.